The van der Waals surface area contributed by atoms with Crippen LogP contribution >= 0.6 is 23.1 Å². The van der Waals surface area contributed by atoms with Gasteiger partial charge in [0, 0.05) is 36.4 Å². The lowest BCUT2D eigenvalue weighted by Gasteiger charge is -1.96. The van der Waals surface area contributed by atoms with Crippen LogP contribution in [0.3, 0.4) is 0 Å². The van der Waals surface area contributed by atoms with E-state index in [9.17, 15) is 0 Å². The Morgan fingerprint density at radius 1 is 1.64 bits per heavy atom. The number of nitrogens with zero attached hydrogens (tertiary/aromatic N) is 2. The maximum Gasteiger partial charge on any atom is 0.193 e. The standard InChI is InChI=1S/C9H12N2OS2/c1-12-3-5-13-7-8-6-11-2-4-14-9(11)10-8/h2,4,6H,3,5,7H2,1H3. The van der Waals surface area contributed by atoms with Gasteiger partial charge in [-0.1, -0.05) is 0 Å². The fourth-order valence-corrected chi connectivity index (χ4v) is 2.66. The van der Waals surface area contributed by atoms with E-state index in [0.717, 1.165) is 28.8 Å². The third-order valence-electron chi connectivity index (χ3n) is 1.82. The van der Waals surface area contributed by atoms with Gasteiger partial charge in [-0.05, 0) is 0 Å². The van der Waals surface area contributed by atoms with Crippen LogP contribution in [0.1, 0.15) is 5.69 Å². The number of rotatable bonds is 5. The summed E-state index contributed by atoms with van der Waals surface area (Å²) in [5.74, 6) is 2.00. The molecule has 0 N–H and O–H groups in total. The predicted octanol–water partition coefficient (Wildman–Crippen LogP) is 2.28. The largest absolute Gasteiger partial charge is 0.384 e. The van der Waals surface area contributed by atoms with Crippen LogP contribution in [0.15, 0.2) is 17.8 Å². The Balaban J connectivity index is 1.89. The van der Waals surface area contributed by atoms with Crippen molar-refractivity contribution in [3.8, 4) is 0 Å². The van der Waals surface area contributed by atoms with Crippen molar-refractivity contribution in [3.05, 3.63) is 23.5 Å². The second kappa shape index (κ2) is 4.82. The molecule has 0 amide bonds. The van der Waals surface area contributed by atoms with E-state index in [1.165, 1.54) is 0 Å². The van der Waals surface area contributed by atoms with Gasteiger partial charge < -0.3 is 4.74 Å². The highest BCUT2D eigenvalue weighted by Gasteiger charge is 2.01. The average Bonchev–Trinajstić information content (AvgIpc) is 2.72. The summed E-state index contributed by atoms with van der Waals surface area (Å²) in [6.45, 7) is 0.812. The number of thioether (sulfide) groups is 1. The van der Waals surface area contributed by atoms with Gasteiger partial charge in [-0.3, -0.25) is 4.40 Å². The lowest BCUT2D eigenvalue weighted by molar-refractivity contribution is 0.218. The summed E-state index contributed by atoms with van der Waals surface area (Å²) >= 11 is 3.52. The molecule has 14 heavy (non-hydrogen) atoms. The molecular weight excluding hydrogens is 216 g/mol. The average molecular weight is 228 g/mol. The molecule has 0 fully saturated rings. The van der Waals surface area contributed by atoms with E-state index in [1.807, 2.05) is 23.3 Å². The Kier molecular flexibility index (Phi) is 3.44. The third kappa shape index (κ3) is 2.29. The smallest absolute Gasteiger partial charge is 0.193 e. The first-order valence-corrected chi connectivity index (χ1v) is 6.41. The molecule has 0 saturated heterocycles. The van der Waals surface area contributed by atoms with Gasteiger partial charge in [-0.15, -0.1) is 11.3 Å². The molecule has 0 unspecified atom stereocenters. The summed E-state index contributed by atoms with van der Waals surface area (Å²) in [7, 11) is 1.73. The van der Waals surface area contributed by atoms with E-state index in [1.54, 1.807) is 18.4 Å². The molecule has 5 heteroatoms. The molecule has 0 aliphatic rings. The van der Waals surface area contributed by atoms with Crippen LogP contribution in [-0.4, -0.2) is 28.9 Å². The molecule has 0 aliphatic carbocycles. The normalized spacial score (nSPS) is 11.2. The molecule has 3 nitrogen and oxygen atoms in total. The molecule has 2 heterocycles. The molecule has 2 aromatic rings. The summed E-state index contributed by atoms with van der Waals surface area (Å²) in [6.07, 6.45) is 4.13. The van der Waals surface area contributed by atoms with Gasteiger partial charge in [0.1, 0.15) is 0 Å². The van der Waals surface area contributed by atoms with Crippen molar-refractivity contribution in [2.75, 3.05) is 19.5 Å². The van der Waals surface area contributed by atoms with Crippen LogP contribution in [0.4, 0.5) is 0 Å². The van der Waals surface area contributed by atoms with Crippen LogP contribution in [0, 0.1) is 0 Å². The second-order valence-electron chi connectivity index (χ2n) is 2.87. The van der Waals surface area contributed by atoms with Gasteiger partial charge in [0.25, 0.3) is 0 Å². The molecule has 0 saturated carbocycles. The van der Waals surface area contributed by atoms with Gasteiger partial charge in [0.05, 0.1) is 12.3 Å². The van der Waals surface area contributed by atoms with Gasteiger partial charge in [-0.2, -0.15) is 11.8 Å². The Labute approximate surface area is 91.1 Å². The Bertz CT molecular complexity index is 368. The van der Waals surface area contributed by atoms with E-state index < -0.39 is 0 Å². The minimum Gasteiger partial charge on any atom is -0.384 e. The van der Waals surface area contributed by atoms with Crippen LogP contribution in [0.5, 0.6) is 0 Å². The minimum atomic E-state index is 0.812. The summed E-state index contributed by atoms with van der Waals surface area (Å²) in [6, 6.07) is 0. The fourth-order valence-electron chi connectivity index (χ4n) is 1.16. The minimum absolute atomic E-state index is 0.812. The first-order chi connectivity index (χ1) is 6.90. The van der Waals surface area contributed by atoms with Crippen molar-refractivity contribution in [1.82, 2.24) is 9.38 Å². The number of methoxy groups -OCH3 is 1. The maximum atomic E-state index is 4.98. The predicted molar refractivity (Wildman–Crippen MR) is 61.1 cm³/mol. The third-order valence-corrected chi connectivity index (χ3v) is 3.55. The van der Waals surface area contributed by atoms with Crippen molar-refractivity contribution in [1.29, 1.82) is 0 Å². The number of thiazole rings is 1. The number of hydrogen-bond donors (Lipinski definition) is 0. The van der Waals surface area contributed by atoms with Gasteiger partial charge in [-0.25, -0.2) is 4.98 Å². The quantitative estimate of drug-likeness (QED) is 0.734. The molecule has 0 atom stereocenters. The van der Waals surface area contributed by atoms with E-state index in [2.05, 4.69) is 15.6 Å². The molecule has 2 rings (SSSR count). The first kappa shape index (κ1) is 10.0. The number of imidazole rings is 1. The Morgan fingerprint density at radius 3 is 3.36 bits per heavy atom. The van der Waals surface area contributed by atoms with E-state index >= 15 is 0 Å². The number of hydrogen-bond acceptors (Lipinski definition) is 4. The van der Waals surface area contributed by atoms with Crippen molar-refractivity contribution in [2.45, 2.75) is 5.75 Å². The van der Waals surface area contributed by atoms with Gasteiger partial charge in [0.2, 0.25) is 0 Å². The van der Waals surface area contributed by atoms with Gasteiger partial charge in [0.15, 0.2) is 4.96 Å². The SMILES string of the molecule is COCCSCc1cn2ccsc2n1. The molecule has 0 aliphatic heterocycles. The van der Waals surface area contributed by atoms with Crippen LogP contribution < -0.4 is 0 Å². The zero-order valence-corrected chi connectivity index (χ0v) is 9.61. The summed E-state index contributed by atoms with van der Waals surface area (Å²) in [5.41, 5.74) is 1.15. The molecule has 0 spiro atoms. The maximum absolute atomic E-state index is 4.98. The molecule has 0 aromatic carbocycles. The van der Waals surface area contributed by atoms with Crippen LogP contribution in [-0.2, 0) is 10.5 Å². The molecule has 76 valence electrons. The van der Waals surface area contributed by atoms with Crippen molar-refractivity contribution < 1.29 is 4.74 Å². The zero-order chi connectivity index (χ0) is 9.80. The highest BCUT2D eigenvalue weighted by molar-refractivity contribution is 7.98. The number of fused-ring (bicyclic) bond motifs is 1. The van der Waals surface area contributed by atoms with E-state index in [0.29, 0.717) is 0 Å². The highest BCUT2D eigenvalue weighted by atomic mass is 32.2. The zero-order valence-electron chi connectivity index (χ0n) is 7.97. The molecular formula is C9H12N2OS2. The summed E-state index contributed by atoms with van der Waals surface area (Å²) in [4.78, 5) is 5.57. The van der Waals surface area contributed by atoms with Crippen LogP contribution in [0.2, 0.25) is 0 Å². The second-order valence-corrected chi connectivity index (χ2v) is 4.85. The van der Waals surface area contributed by atoms with Crippen molar-refractivity contribution >= 4 is 28.1 Å². The number of aromatic nitrogens is 2. The molecule has 2 aromatic heterocycles. The van der Waals surface area contributed by atoms with Crippen LogP contribution in [0.25, 0.3) is 4.96 Å². The Morgan fingerprint density at radius 2 is 2.57 bits per heavy atom. The number of ether oxygens (including phenoxy) is 1. The van der Waals surface area contributed by atoms with Gasteiger partial charge >= 0.3 is 0 Å². The molecule has 0 radical (unpaired) electrons. The van der Waals surface area contributed by atoms with Crippen molar-refractivity contribution in [3.63, 3.8) is 0 Å². The topological polar surface area (TPSA) is 26.5 Å². The lowest BCUT2D eigenvalue weighted by atomic mass is 10.6. The Hall–Kier alpha value is -0.520. The molecule has 0 bridgehead atoms. The first-order valence-electron chi connectivity index (χ1n) is 4.38. The van der Waals surface area contributed by atoms with Crippen molar-refractivity contribution in [2.24, 2.45) is 0 Å². The summed E-state index contributed by atoms with van der Waals surface area (Å²) < 4.78 is 7.05. The van der Waals surface area contributed by atoms with E-state index in [4.69, 9.17) is 4.74 Å². The van der Waals surface area contributed by atoms with E-state index in [-0.39, 0.29) is 0 Å². The lowest BCUT2D eigenvalue weighted by Crippen LogP contribution is -1.92. The fraction of sp³-hybridized carbons (Fsp3) is 0.444. The summed E-state index contributed by atoms with van der Waals surface area (Å²) in [5, 5.41) is 2.05. The monoisotopic (exact) mass is 228 g/mol. The highest BCUT2D eigenvalue weighted by Crippen LogP contribution is 2.15.